The minimum atomic E-state index is -0.883. The zero-order chi connectivity index (χ0) is 13.7. The number of carboxylic acid groups (broad SMARTS) is 1. The van der Waals surface area contributed by atoms with Crippen LogP contribution in [0.4, 0.5) is 5.69 Å². The number of carboxylic acids is 1. The van der Waals surface area contributed by atoms with Crippen molar-refractivity contribution in [1.29, 1.82) is 5.26 Å². The Hall–Kier alpha value is -2.39. The fraction of sp³-hybridized carbons (Fsp3) is 0.154. The van der Waals surface area contributed by atoms with E-state index in [2.05, 4.69) is 16.4 Å². The fourth-order valence-electron chi connectivity index (χ4n) is 1.54. The third-order valence-corrected chi connectivity index (χ3v) is 3.26. The van der Waals surface area contributed by atoms with Gasteiger partial charge >= 0.3 is 5.97 Å². The van der Waals surface area contributed by atoms with E-state index in [1.54, 1.807) is 23.6 Å². The molecular formula is C13H11N3O2S. The Morgan fingerprint density at radius 1 is 1.53 bits per heavy atom. The van der Waals surface area contributed by atoms with Crippen LogP contribution in [0.25, 0.3) is 0 Å². The number of aliphatic carboxylic acids is 1. The molecule has 0 spiro atoms. The number of thiazole rings is 1. The first-order chi connectivity index (χ1) is 9.17. The molecule has 0 aliphatic rings. The summed E-state index contributed by atoms with van der Waals surface area (Å²) in [6, 6.07) is 9.24. The predicted molar refractivity (Wildman–Crippen MR) is 71.9 cm³/mol. The Balaban J connectivity index is 1.96. The summed E-state index contributed by atoms with van der Waals surface area (Å²) in [4.78, 5) is 14.8. The van der Waals surface area contributed by atoms with Crippen LogP contribution in [-0.2, 0) is 17.8 Å². The second kappa shape index (κ2) is 5.98. The van der Waals surface area contributed by atoms with Crippen molar-refractivity contribution in [3.05, 3.63) is 45.9 Å². The third kappa shape index (κ3) is 3.79. The van der Waals surface area contributed by atoms with Gasteiger partial charge in [-0.15, -0.1) is 11.3 Å². The van der Waals surface area contributed by atoms with E-state index < -0.39 is 5.97 Å². The Morgan fingerprint density at radius 3 is 3.11 bits per heavy atom. The zero-order valence-corrected chi connectivity index (χ0v) is 10.8. The third-order valence-electron chi connectivity index (χ3n) is 2.37. The van der Waals surface area contributed by atoms with Gasteiger partial charge in [0, 0.05) is 11.1 Å². The van der Waals surface area contributed by atoms with Gasteiger partial charge in [-0.05, 0) is 18.2 Å². The van der Waals surface area contributed by atoms with Gasteiger partial charge in [0.05, 0.1) is 30.3 Å². The minimum Gasteiger partial charge on any atom is -0.481 e. The van der Waals surface area contributed by atoms with Gasteiger partial charge < -0.3 is 10.4 Å². The van der Waals surface area contributed by atoms with Gasteiger partial charge in [0.25, 0.3) is 0 Å². The van der Waals surface area contributed by atoms with Crippen molar-refractivity contribution >= 4 is 23.0 Å². The summed E-state index contributed by atoms with van der Waals surface area (Å²) in [5.74, 6) is -0.883. The van der Waals surface area contributed by atoms with E-state index in [0.29, 0.717) is 17.8 Å². The average Bonchev–Trinajstić information content (AvgIpc) is 2.83. The first kappa shape index (κ1) is 13.1. The van der Waals surface area contributed by atoms with Crippen LogP contribution in [0, 0.1) is 11.3 Å². The highest BCUT2D eigenvalue weighted by Gasteiger charge is 2.06. The molecule has 2 rings (SSSR count). The summed E-state index contributed by atoms with van der Waals surface area (Å²) >= 11 is 1.42. The molecule has 0 radical (unpaired) electrons. The average molecular weight is 273 g/mol. The predicted octanol–water partition coefficient (Wildman–Crippen LogP) is 2.25. The molecule has 19 heavy (non-hydrogen) atoms. The molecule has 6 heteroatoms. The number of hydrogen-bond acceptors (Lipinski definition) is 5. The van der Waals surface area contributed by atoms with E-state index in [4.69, 9.17) is 10.4 Å². The molecule has 0 atom stereocenters. The first-order valence-electron chi connectivity index (χ1n) is 5.56. The Kier molecular flexibility index (Phi) is 4.11. The van der Waals surface area contributed by atoms with Crippen LogP contribution in [0.3, 0.4) is 0 Å². The molecule has 0 amide bonds. The molecule has 0 aliphatic carbocycles. The number of nitrogens with one attached hydrogen (secondary N) is 1. The molecule has 2 aromatic rings. The summed E-state index contributed by atoms with van der Waals surface area (Å²) < 4.78 is 0. The van der Waals surface area contributed by atoms with Crippen LogP contribution >= 0.6 is 11.3 Å². The van der Waals surface area contributed by atoms with E-state index in [-0.39, 0.29) is 6.42 Å². The van der Waals surface area contributed by atoms with Gasteiger partial charge in [-0.25, -0.2) is 4.98 Å². The fourth-order valence-corrected chi connectivity index (χ4v) is 2.28. The molecule has 5 nitrogen and oxygen atoms in total. The topological polar surface area (TPSA) is 86.0 Å². The highest BCUT2D eigenvalue weighted by atomic mass is 32.1. The molecule has 1 aromatic carbocycles. The quantitative estimate of drug-likeness (QED) is 0.872. The number of carbonyl (C=O) groups is 1. The normalized spacial score (nSPS) is 9.84. The Labute approximate surface area is 114 Å². The smallest absolute Gasteiger partial charge is 0.309 e. The van der Waals surface area contributed by atoms with Gasteiger partial charge in [0.1, 0.15) is 5.01 Å². The highest BCUT2D eigenvalue weighted by molar-refractivity contribution is 7.09. The van der Waals surface area contributed by atoms with Gasteiger partial charge in [-0.3, -0.25) is 4.79 Å². The van der Waals surface area contributed by atoms with Crippen molar-refractivity contribution in [3.8, 4) is 6.07 Å². The summed E-state index contributed by atoms with van der Waals surface area (Å²) in [6.45, 7) is 0.513. The molecule has 0 unspecified atom stereocenters. The first-order valence-corrected chi connectivity index (χ1v) is 6.44. The SMILES string of the molecule is N#Cc1cccc(NCc2nc(CC(=O)O)cs2)c1. The van der Waals surface area contributed by atoms with Crippen molar-refractivity contribution in [1.82, 2.24) is 4.98 Å². The molecule has 96 valence electrons. The molecule has 0 fully saturated rings. The second-order valence-electron chi connectivity index (χ2n) is 3.85. The number of hydrogen-bond donors (Lipinski definition) is 2. The number of nitriles is 1. The van der Waals surface area contributed by atoms with Gasteiger partial charge in [0.2, 0.25) is 0 Å². The molecule has 1 heterocycles. The lowest BCUT2D eigenvalue weighted by molar-refractivity contribution is -0.136. The maximum Gasteiger partial charge on any atom is 0.309 e. The molecule has 1 aromatic heterocycles. The van der Waals surface area contributed by atoms with E-state index in [9.17, 15) is 4.79 Å². The van der Waals surface area contributed by atoms with E-state index >= 15 is 0 Å². The monoisotopic (exact) mass is 273 g/mol. The summed E-state index contributed by atoms with van der Waals surface area (Å²) in [6.07, 6.45) is -0.0551. The summed E-state index contributed by atoms with van der Waals surface area (Å²) in [5.41, 5.74) is 2.00. The number of nitrogens with zero attached hydrogens (tertiary/aromatic N) is 2. The van der Waals surface area contributed by atoms with Crippen molar-refractivity contribution in [2.24, 2.45) is 0 Å². The van der Waals surface area contributed by atoms with Crippen molar-refractivity contribution in [3.63, 3.8) is 0 Å². The van der Waals surface area contributed by atoms with E-state index in [1.165, 1.54) is 11.3 Å². The van der Waals surface area contributed by atoms with Crippen molar-refractivity contribution < 1.29 is 9.90 Å². The maximum atomic E-state index is 10.5. The number of benzene rings is 1. The number of anilines is 1. The Morgan fingerprint density at radius 2 is 2.37 bits per heavy atom. The Bertz CT molecular complexity index is 631. The van der Waals surface area contributed by atoms with Gasteiger partial charge in [0.15, 0.2) is 0 Å². The van der Waals surface area contributed by atoms with Crippen LogP contribution in [0.1, 0.15) is 16.3 Å². The second-order valence-corrected chi connectivity index (χ2v) is 4.79. The van der Waals surface area contributed by atoms with Gasteiger partial charge in [-0.2, -0.15) is 5.26 Å². The van der Waals surface area contributed by atoms with Crippen LogP contribution in [0.15, 0.2) is 29.6 Å². The van der Waals surface area contributed by atoms with Crippen LogP contribution < -0.4 is 5.32 Å². The van der Waals surface area contributed by atoms with Crippen molar-refractivity contribution in [2.45, 2.75) is 13.0 Å². The molecule has 0 aliphatic heterocycles. The van der Waals surface area contributed by atoms with Crippen LogP contribution in [0.5, 0.6) is 0 Å². The molecule has 2 N–H and O–H groups in total. The number of rotatable bonds is 5. The van der Waals surface area contributed by atoms with Crippen molar-refractivity contribution in [2.75, 3.05) is 5.32 Å². The highest BCUT2D eigenvalue weighted by Crippen LogP contribution is 2.14. The standard InChI is InChI=1S/C13H11N3O2S/c14-6-9-2-1-3-10(4-9)15-7-12-16-11(8-19-12)5-13(17)18/h1-4,8,15H,5,7H2,(H,17,18). The van der Waals surface area contributed by atoms with Crippen LogP contribution in [-0.4, -0.2) is 16.1 Å². The maximum absolute atomic E-state index is 10.5. The zero-order valence-electron chi connectivity index (χ0n) is 9.96. The largest absolute Gasteiger partial charge is 0.481 e. The van der Waals surface area contributed by atoms with Crippen LogP contribution in [0.2, 0.25) is 0 Å². The van der Waals surface area contributed by atoms with E-state index in [1.807, 2.05) is 6.07 Å². The molecular weight excluding hydrogens is 262 g/mol. The van der Waals surface area contributed by atoms with Gasteiger partial charge in [-0.1, -0.05) is 6.07 Å². The lowest BCUT2D eigenvalue weighted by Crippen LogP contribution is -2.02. The number of aromatic nitrogens is 1. The summed E-state index contributed by atoms with van der Waals surface area (Å²) in [7, 11) is 0. The minimum absolute atomic E-state index is 0.0551. The molecule has 0 saturated heterocycles. The molecule has 0 saturated carbocycles. The lowest BCUT2D eigenvalue weighted by atomic mass is 10.2. The molecule has 0 bridgehead atoms. The van der Waals surface area contributed by atoms with E-state index in [0.717, 1.165) is 10.7 Å². The lowest BCUT2D eigenvalue weighted by Gasteiger charge is -2.03. The summed E-state index contributed by atoms with van der Waals surface area (Å²) in [5, 5.41) is 23.2.